The van der Waals surface area contributed by atoms with E-state index in [1.54, 1.807) is 7.11 Å². The zero-order valence-electron chi connectivity index (χ0n) is 14.1. The highest BCUT2D eigenvalue weighted by molar-refractivity contribution is 5.77. The van der Waals surface area contributed by atoms with Gasteiger partial charge in [-0.3, -0.25) is 9.69 Å². The fourth-order valence-electron chi connectivity index (χ4n) is 2.96. The predicted octanol–water partition coefficient (Wildman–Crippen LogP) is 2.38. The quantitative estimate of drug-likeness (QED) is 0.727. The lowest BCUT2D eigenvalue weighted by Gasteiger charge is -2.45. The maximum absolute atomic E-state index is 12.4. The molecule has 1 aliphatic heterocycles. The third-order valence-corrected chi connectivity index (χ3v) is 3.90. The van der Waals surface area contributed by atoms with E-state index in [-0.39, 0.29) is 5.41 Å². The van der Waals surface area contributed by atoms with Crippen LogP contribution in [-0.2, 0) is 9.53 Å². The van der Waals surface area contributed by atoms with Gasteiger partial charge in [0.1, 0.15) is 0 Å². The first kappa shape index (κ1) is 17.4. The molecule has 2 unspecified atom stereocenters. The summed E-state index contributed by atoms with van der Waals surface area (Å²) in [5, 5.41) is 0. The van der Waals surface area contributed by atoms with Crippen LogP contribution in [0, 0.1) is 5.41 Å². The fraction of sp³-hybridized carbons (Fsp3) is 0.938. The van der Waals surface area contributed by atoms with E-state index in [0.29, 0.717) is 24.4 Å². The number of piperazine rings is 1. The molecular formula is C16H32N2O2. The molecule has 1 fully saturated rings. The monoisotopic (exact) mass is 284 g/mol. The average Bonchev–Trinajstić information content (AvgIpc) is 2.30. The molecule has 0 spiro atoms. The summed E-state index contributed by atoms with van der Waals surface area (Å²) >= 11 is 0. The zero-order chi connectivity index (χ0) is 15.3. The Balaban J connectivity index is 2.52. The first-order valence-electron chi connectivity index (χ1n) is 7.77. The lowest BCUT2D eigenvalue weighted by Crippen LogP contribution is -2.58. The molecule has 0 aromatic heterocycles. The molecule has 1 heterocycles. The lowest BCUT2D eigenvalue weighted by molar-refractivity contribution is -0.137. The van der Waals surface area contributed by atoms with Crippen LogP contribution in [0.4, 0.5) is 0 Å². The fourth-order valence-corrected chi connectivity index (χ4v) is 2.96. The molecule has 0 aromatic carbocycles. The first-order chi connectivity index (χ1) is 9.24. The summed E-state index contributed by atoms with van der Waals surface area (Å²) in [5.74, 6) is 0.299. The van der Waals surface area contributed by atoms with Gasteiger partial charge in [-0.25, -0.2) is 0 Å². The number of hydrogen-bond acceptors (Lipinski definition) is 3. The molecule has 0 bridgehead atoms. The smallest absolute Gasteiger partial charge is 0.223 e. The van der Waals surface area contributed by atoms with Crippen LogP contribution in [0.1, 0.15) is 47.5 Å². The van der Waals surface area contributed by atoms with E-state index in [0.717, 1.165) is 32.7 Å². The summed E-state index contributed by atoms with van der Waals surface area (Å²) in [6, 6.07) is 0.860. The van der Waals surface area contributed by atoms with Gasteiger partial charge < -0.3 is 9.64 Å². The minimum Gasteiger partial charge on any atom is -0.385 e. The average molecular weight is 284 g/mol. The largest absolute Gasteiger partial charge is 0.385 e. The zero-order valence-corrected chi connectivity index (χ0v) is 14.1. The van der Waals surface area contributed by atoms with Crippen LogP contribution in [0.2, 0.25) is 0 Å². The SMILES string of the molecule is COCCCN1C(C)CN(C(=O)CC(C)(C)C)CC1C. The summed E-state index contributed by atoms with van der Waals surface area (Å²) in [6.07, 6.45) is 1.69. The highest BCUT2D eigenvalue weighted by Gasteiger charge is 2.32. The highest BCUT2D eigenvalue weighted by atomic mass is 16.5. The number of amides is 1. The van der Waals surface area contributed by atoms with Crippen molar-refractivity contribution in [2.45, 2.75) is 59.5 Å². The second kappa shape index (κ2) is 7.41. The third-order valence-electron chi connectivity index (χ3n) is 3.90. The topological polar surface area (TPSA) is 32.8 Å². The van der Waals surface area contributed by atoms with Crippen LogP contribution in [0.15, 0.2) is 0 Å². The van der Waals surface area contributed by atoms with Crippen molar-refractivity contribution in [2.24, 2.45) is 5.41 Å². The van der Waals surface area contributed by atoms with Gasteiger partial charge in [0.15, 0.2) is 0 Å². The molecule has 2 atom stereocenters. The first-order valence-corrected chi connectivity index (χ1v) is 7.77. The Hall–Kier alpha value is -0.610. The number of hydrogen-bond donors (Lipinski definition) is 0. The molecule has 20 heavy (non-hydrogen) atoms. The number of ether oxygens (including phenoxy) is 1. The minimum atomic E-state index is 0.0686. The van der Waals surface area contributed by atoms with Crippen molar-refractivity contribution in [3.05, 3.63) is 0 Å². The van der Waals surface area contributed by atoms with Gasteiger partial charge in [0.25, 0.3) is 0 Å². The van der Waals surface area contributed by atoms with Gasteiger partial charge in [0.05, 0.1) is 0 Å². The Kier molecular flexibility index (Phi) is 6.46. The Morgan fingerprint density at radius 3 is 2.20 bits per heavy atom. The van der Waals surface area contributed by atoms with Crippen LogP contribution in [0.3, 0.4) is 0 Å². The van der Waals surface area contributed by atoms with Crippen LogP contribution >= 0.6 is 0 Å². The Morgan fingerprint density at radius 2 is 1.75 bits per heavy atom. The van der Waals surface area contributed by atoms with Crippen LogP contribution < -0.4 is 0 Å². The summed E-state index contributed by atoms with van der Waals surface area (Å²) < 4.78 is 5.13. The maximum Gasteiger partial charge on any atom is 0.223 e. The second-order valence-corrected chi connectivity index (χ2v) is 7.32. The van der Waals surface area contributed by atoms with Crippen molar-refractivity contribution >= 4 is 5.91 Å². The van der Waals surface area contributed by atoms with Gasteiger partial charge in [0, 0.05) is 51.9 Å². The Bertz CT molecular complexity index is 300. The van der Waals surface area contributed by atoms with E-state index in [2.05, 4.69) is 39.5 Å². The number of nitrogens with zero attached hydrogens (tertiary/aromatic N) is 2. The summed E-state index contributed by atoms with van der Waals surface area (Å²) in [4.78, 5) is 16.9. The Labute approximate surface area is 124 Å². The van der Waals surface area contributed by atoms with Crippen molar-refractivity contribution < 1.29 is 9.53 Å². The van der Waals surface area contributed by atoms with Crippen molar-refractivity contribution in [1.29, 1.82) is 0 Å². The summed E-state index contributed by atoms with van der Waals surface area (Å²) in [6.45, 7) is 14.4. The lowest BCUT2D eigenvalue weighted by atomic mass is 9.91. The molecule has 0 aromatic rings. The molecular weight excluding hydrogens is 252 g/mol. The van der Waals surface area contributed by atoms with Gasteiger partial charge in [-0.1, -0.05) is 20.8 Å². The molecule has 118 valence electrons. The van der Waals surface area contributed by atoms with E-state index < -0.39 is 0 Å². The number of methoxy groups -OCH3 is 1. The van der Waals surface area contributed by atoms with Crippen LogP contribution in [0.5, 0.6) is 0 Å². The molecule has 0 N–H and O–H groups in total. The van der Waals surface area contributed by atoms with Gasteiger partial charge in [-0.2, -0.15) is 0 Å². The molecule has 0 radical (unpaired) electrons. The van der Waals surface area contributed by atoms with Crippen LogP contribution in [-0.4, -0.2) is 61.1 Å². The highest BCUT2D eigenvalue weighted by Crippen LogP contribution is 2.23. The molecule has 1 rings (SSSR count). The number of carbonyl (C=O) groups excluding carboxylic acids is 1. The molecule has 0 saturated carbocycles. The van der Waals surface area contributed by atoms with Crippen molar-refractivity contribution in [3.63, 3.8) is 0 Å². The molecule has 0 aliphatic carbocycles. The predicted molar refractivity (Wildman–Crippen MR) is 82.8 cm³/mol. The van der Waals surface area contributed by atoms with Gasteiger partial charge in [-0.15, -0.1) is 0 Å². The number of carbonyl (C=O) groups is 1. The number of rotatable bonds is 5. The molecule has 1 saturated heterocycles. The standard InChI is InChI=1S/C16H32N2O2/c1-13-11-17(15(19)10-16(3,4)5)12-14(2)18(13)8-7-9-20-6/h13-14H,7-12H2,1-6H3. The van der Waals surface area contributed by atoms with E-state index in [9.17, 15) is 4.79 Å². The summed E-state index contributed by atoms with van der Waals surface area (Å²) in [7, 11) is 1.75. The normalized spacial score (nSPS) is 25.0. The third kappa shape index (κ3) is 5.41. The van der Waals surface area contributed by atoms with E-state index in [1.165, 1.54) is 0 Å². The summed E-state index contributed by atoms with van der Waals surface area (Å²) in [5.41, 5.74) is 0.0686. The molecule has 1 aliphatic rings. The van der Waals surface area contributed by atoms with Gasteiger partial charge >= 0.3 is 0 Å². The van der Waals surface area contributed by atoms with Gasteiger partial charge in [-0.05, 0) is 25.7 Å². The van der Waals surface area contributed by atoms with Crippen molar-refractivity contribution in [3.8, 4) is 0 Å². The maximum atomic E-state index is 12.4. The van der Waals surface area contributed by atoms with E-state index in [4.69, 9.17) is 4.74 Å². The van der Waals surface area contributed by atoms with E-state index in [1.807, 2.05) is 4.90 Å². The van der Waals surface area contributed by atoms with Crippen molar-refractivity contribution in [1.82, 2.24) is 9.80 Å². The molecule has 1 amide bonds. The molecule has 4 heteroatoms. The minimum absolute atomic E-state index is 0.0686. The van der Waals surface area contributed by atoms with Crippen molar-refractivity contribution in [2.75, 3.05) is 33.4 Å². The Morgan fingerprint density at radius 1 is 1.20 bits per heavy atom. The van der Waals surface area contributed by atoms with Crippen LogP contribution in [0.25, 0.3) is 0 Å². The van der Waals surface area contributed by atoms with E-state index >= 15 is 0 Å². The second-order valence-electron chi connectivity index (χ2n) is 7.32. The molecule has 4 nitrogen and oxygen atoms in total. The van der Waals surface area contributed by atoms with Gasteiger partial charge in [0.2, 0.25) is 5.91 Å².